The highest BCUT2D eigenvalue weighted by Crippen LogP contribution is 2.28. The smallest absolute Gasteiger partial charge is 0.238 e. The minimum atomic E-state index is -0.113. The van der Waals surface area contributed by atoms with Crippen molar-refractivity contribution in [2.24, 2.45) is 0 Å². The van der Waals surface area contributed by atoms with E-state index in [9.17, 15) is 9.59 Å². The van der Waals surface area contributed by atoms with E-state index in [2.05, 4.69) is 53.6 Å². The van der Waals surface area contributed by atoms with Crippen molar-refractivity contribution < 1.29 is 9.59 Å². The lowest BCUT2D eigenvalue weighted by Crippen LogP contribution is -2.34. The fourth-order valence-electron chi connectivity index (χ4n) is 3.22. The van der Waals surface area contributed by atoms with Crippen LogP contribution in [0.2, 0.25) is 0 Å². The normalized spacial score (nSPS) is 13.6. The number of anilines is 2. The molecule has 1 fully saturated rings. The summed E-state index contributed by atoms with van der Waals surface area (Å²) in [5, 5.41) is 5.67. The molecule has 5 heteroatoms. The summed E-state index contributed by atoms with van der Waals surface area (Å²) in [7, 11) is 0. The molecule has 0 bridgehead atoms. The van der Waals surface area contributed by atoms with Crippen molar-refractivity contribution in [2.75, 3.05) is 17.2 Å². The zero-order valence-electron chi connectivity index (χ0n) is 16.9. The first kappa shape index (κ1) is 20.1. The minimum absolute atomic E-state index is 0.0158. The zero-order valence-corrected chi connectivity index (χ0v) is 16.9. The van der Waals surface area contributed by atoms with E-state index in [1.54, 1.807) is 24.3 Å². The molecule has 0 radical (unpaired) electrons. The molecule has 2 aromatic carbocycles. The first-order valence-electron chi connectivity index (χ1n) is 9.91. The number of benzene rings is 2. The van der Waals surface area contributed by atoms with Crippen LogP contribution >= 0.6 is 0 Å². The number of carbonyl (C=O) groups is 2. The summed E-state index contributed by atoms with van der Waals surface area (Å²) in [6.45, 7) is 7.03. The summed E-state index contributed by atoms with van der Waals surface area (Å²) in [5.74, 6) is 0.396. The second kappa shape index (κ2) is 9.02. The van der Waals surface area contributed by atoms with E-state index in [1.807, 2.05) is 0 Å². The Balaban J connectivity index is 1.56. The Morgan fingerprint density at radius 2 is 1.54 bits per heavy atom. The van der Waals surface area contributed by atoms with E-state index in [0.29, 0.717) is 18.5 Å². The first-order valence-corrected chi connectivity index (χ1v) is 9.91. The van der Waals surface area contributed by atoms with Crippen LogP contribution < -0.4 is 10.6 Å². The van der Waals surface area contributed by atoms with E-state index in [1.165, 1.54) is 18.1 Å². The molecule has 28 heavy (non-hydrogen) atoms. The predicted octanol–water partition coefficient (Wildman–Crippen LogP) is 4.37. The van der Waals surface area contributed by atoms with Crippen molar-refractivity contribution in [3.05, 3.63) is 59.7 Å². The minimum Gasteiger partial charge on any atom is -0.326 e. The van der Waals surface area contributed by atoms with Crippen LogP contribution in [0.25, 0.3) is 0 Å². The lowest BCUT2D eigenvalue weighted by atomic mass is 10.0. The Hall–Kier alpha value is -2.66. The van der Waals surface area contributed by atoms with Crippen molar-refractivity contribution in [2.45, 2.75) is 52.1 Å². The molecule has 2 amide bonds. The van der Waals surface area contributed by atoms with Gasteiger partial charge in [0.05, 0.1) is 6.54 Å². The quantitative estimate of drug-likeness (QED) is 0.716. The Bertz CT molecular complexity index is 809. The molecule has 0 aromatic heterocycles. The lowest BCUT2D eigenvalue weighted by molar-refractivity contribution is -0.117. The van der Waals surface area contributed by atoms with Gasteiger partial charge in [0.25, 0.3) is 0 Å². The summed E-state index contributed by atoms with van der Waals surface area (Å²) in [6.07, 6.45) is 2.31. The van der Waals surface area contributed by atoms with Crippen molar-refractivity contribution in [3.63, 3.8) is 0 Å². The molecule has 148 valence electrons. The number of hydrogen-bond donors (Lipinski definition) is 2. The van der Waals surface area contributed by atoms with Crippen LogP contribution in [0, 0.1) is 0 Å². The number of nitrogens with zero attached hydrogens (tertiary/aromatic N) is 1. The topological polar surface area (TPSA) is 61.4 Å². The molecule has 0 spiro atoms. The van der Waals surface area contributed by atoms with E-state index in [4.69, 9.17) is 0 Å². The van der Waals surface area contributed by atoms with E-state index < -0.39 is 0 Å². The number of carbonyl (C=O) groups excluding carboxylic acids is 2. The highest BCUT2D eigenvalue weighted by Gasteiger charge is 2.30. The summed E-state index contributed by atoms with van der Waals surface area (Å²) in [6, 6.07) is 16.4. The summed E-state index contributed by atoms with van der Waals surface area (Å²) in [4.78, 5) is 25.9. The van der Waals surface area contributed by atoms with E-state index in [-0.39, 0.29) is 11.8 Å². The largest absolute Gasteiger partial charge is 0.326 e. The van der Waals surface area contributed by atoms with Crippen LogP contribution in [0.3, 0.4) is 0 Å². The first-order chi connectivity index (χ1) is 13.4. The van der Waals surface area contributed by atoms with Crippen molar-refractivity contribution in [1.82, 2.24) is 4.90 Å². The van der Waals surface area contributed by atoms with Crippen LogP contribution in [0.15, 0.2) is 48.5 Å². The third-order valence-electron chi connectivity index (χ3n) is 4.93. The van der Waals surface area contributed by atoms with Gasteiger partial charge in [0, 0.05) is 30.9 Å². The summed E-state index contributed by atoms with van der Waals surface area (Å²) in [5.41, 5.74) is 4.03. The molecular formula is C23H29N3O2. The second-order valence-corrected chi connectivity index (χ2v) is 7.84. The maximum atomic E-state index is 12.5. The summed E-state index contributed by atoms with van der Waals surface area (Å²) < 4.78 is 0. The van der Waals surface area contributed by atoms with Gasteiger partial charge < -0.3 is 10.6 Å². The molecule has 0 saturated heterocycles. The molecule has 1 aliphatic rings. The molecule has 5 nitrogen and oxygen atoms in total. The maximum absolute atomic E-state index is 12.5. The molecule has 1 aliphatic carbocycles. The van der Waals surface area contributed by atoms with Gasteiger partial charge in [0.15, 0.2) is 0 Å². The maximum Gasteiger partial charge on any atom is 0.238 e. The van der Waals surface area contributed by atoms with E-state index >= 15 is 0 Å². The fraction of sp³-hybridized carbons (Fsp3) is 0.391. The van der Waals surface area contributed by atoms with Crippen LogP contribution in [-0.4, -0.2) is 29.3 Å². The fourth-order valence-corrected chi connectivity index (χ4v) is 3.22. The molecule has 0 atom stereocenters. The van der Waals surface area contributed by atoms with Crippen LogP contribution in [0.5, 0.6) is 0 Å². The Labute approximate surface area is 167 Å². The molecule has 1 saturated carbocycles. The number of amides is 2. The average Bonchev–Trinajstić information content (AvgIpc) is 3.48. The molecule has 0 heterocycles. The second-order valence-electron chi connectivity index (χ2n) is 7.84. The highest BCUT2D eigenvalue weighted by molar-refractivity contribution is 5.93. The van der Waals surface area contributed by atoms with Gasteiger partial charge in [-0.1, -0.05) is 38.1 Å². The Kier molecular flexibility index (Phi) is 6.47. The van der Waals surface area contributed by atoms with Gasteiger partial charge in [0.1, 0.15) is 0 Å². The van der Waals surface area contributed by atoms with Gasteiger partial charge in [0.2, 0.25) is 11.8 Å². The van der Waals surface area contributed by atoms with Crippen LogP contribution in [-0.2, 0) is 16.1 Å². The van der Waals surface area contributed by atoms with Gasteiger partial charge >= 0.3 is 0 Å². The van der Waals surface area contributed by atoms with E-state index in [0.717, 1.165) is 30.8 Å². The van der Waals surface area contributed by atoms with Crippen LogP contribution in [0.1, 0.15) is 50.7 Å². The van der Waals surface area contributed by atoms with Gasteiger partial charge in [-0.2, -0.15) is 0 Å². The highest BCUT2D eigenvalue weighted by atomic mass is 16.2. The number of nitrogens with one attached hydrogen (secondary N) is 2. The molecular weight excluding hydrogens is 350 g/mol. The standard InChI is InChI=1S/C23H29N3O2/c1-16(2)19-6-4-18(5-7-19)14-26(22-12-13-22)15-23(28)25-21-10-8-20(9-11-21)24-17(3)27/h4-11,16,22H,12-15H2,1-3H3,(H,24,27)(H,25,28). The van der Waals surface area contributed by atoms with Crippen LogP contribution in [0.4, 0.5) is 11.4 Å². The average molecular weight is 380 g/mol. The van der Waals surface area contributed by atoms with Gasteiger partial charge in [-0.25, -0.2) is 0 Å². The summed E-state index contributed by atoms with van der Waals surface area (Å²) >= 11 is 0. The van der Waals surface area contributed by atoms with Crippen molar-refractivity contribution >= 4 is 23.2 Å². The SMILES string of the molecule is CC(=O)Nc1ccc(NC(=O)CN(Cc2ccc(C(C)C)cc2)C2CC2)cc1. The van der Waals surface area contributed by atoms with Gasteiger partial charge in [-0.15, -0.1) is 0 Å². The molecule has 0 unspecified atom stereocenters. The zero-order chi connectivity index (χ0) is 20.1. The molecule has 2 aromatic rings. The van der Waals surface area contributed by atoms with Gasteiger partial charge in [-0.05, 0) is 54.2 Å². The molecule has 3 rings (SSSR count). The number of hydrogen-bond acceptors (Lipinski definition) is 3. The predicted molar refractivity (Wildman–Crippen MR) is 113 cm³/mol. The molecule has 2 N–H and O–H groups in total. The van der Waals surface area contributed by atoms with Crippen molar-refractivity contribution in [3.8, 4) is 0 Å². The van der Waals surface area contributed by atoms with Crippen molar-refractivity contribution in [1.29, 1.82) is 0 Å². The molecule has 0 aliphatic heterocycles. The monoisotopic (exact) mass is 379 g/mol. The lowest BCUT2D eigenvalue weighted by Gasteiger charge is -2.22. The Morgan fingerprint density at radius 3 is 2.04 bits per heavy atom. The third-order valence-corrected chi connectivity index (χ3v) is 4.93. The number of rotatable bonds is 8. The third kappa shape index (κ3) is 5.92. The Morgan fingerprint density at radius 1 is 0.964 bits per heavy atom. The van der Waals surface area contributed by atoms with Gasteiger partial charge in [-0.3, -0.25) is 14.5 Å².